The van der Waals surface area contributed by atoms with Gasteiger partial charge in [0.2, 0.25) is 5.89 Å². The van der Waals surface area contributed by atoms with Gasteiger partial charge in [0.1, 0.15) is 0 Å². The van der Waals surface area contributed by atoms with Crippen LogP contribution in [0.4, 0.5) is 11.8 Å². The minimum Gasteiger partial charge on any atom is -0.406 e. The van der Waals surface area contributed by atoms with Crippen molar-refractivity contribution in [3.63, 3.8) is 0 Å². The van der Waals surface area contributed by atoms with Gasteiger partial charge in [-0.1, -0.05) is 5.10 Å². The molecule has 0 aromatic carbocycles. The lowest BCUT2D eigenvalue weighted by Crippen LogP contribution is -2.04. The highest BCUT2D eigenvalue weighted by atomic mass is 16.4. The van der Waals surface area contributed by atoms with Gasteiger partial charge < -0.3 is 9.73 Å². The van der Waals surface area contributed by atoms with Crippen molar-refractivity contribution in [2.75, 3.05) is 12.4 Å². The van der Waals surface area contributed by atoms with E-state index in [0.29, 0.717) is 24.3 Å². The zero-order chi connectivity index (χ0) is 10.5. The third-order valence-corrected chi connectivity index (χ3v) is 1.60. The number of nitrogens with one attached hydrogen (secondary N) is 2. The molecule has 0 spiro atoms. The van der Waals surface area contributed by atoms with Crippen molar-refractivity contribution in [3.05, 3.63) is 24.2 Å². The predicted octanol–water partition coefficient (Wildman–Crippen LogP) is 0.323. The molecule has 0 aliphatic carbocycles. The molecule has 7 heteroatoms. The summed E-state index contributed by atoms with van der Waals surface area (Å²) in [5.41, 5.74) is 0. The molecule has 7 nitrogen and oxygen atoms in total. The molecule has 2 aromatic heterocycles. The average Bonchev–Trinajstić information content (AvgIpc) is 2.68. The van der Waals surface area contributed by atoms with Crippen LogP contribution in [-0.4, -0.2) is 27.4 Å². The van der Waals surface area contributed by atoms with E-state index < -0.39 is 0 Å². The summed E-state index contributed by atoms with van der Waals surface area (Å²) >= 11 is 0. The highest BCUT2D eigenvalue weighted by molar-refractivity contribution is 5.43. The van der Waals surface area contributed by atoms with Gasteiger partial charge in [-0.25, -0.2) is 0 Å². The van der Waals surface area contributed by atoms with E-state index in [-0.39, 0.29) is 0 Å². The molecule has 0 saturated carbocycles. The second-order valence-electron chi connectivity index (χ2n) is 2.77. The van der Waals surface area contributed by atoms with Crippen LogP contribution in [0.2, 0.25) is 0 Å². The summed E-state index contributed by atoms with van der Waals surface area (Å²) in [7, 11) is 1.81. The molecule has 2 heterocycles. The Hall–Kier alpha value is -2.02. The van der Waals surface area contributed by atoms with E-state index in [1.165, 1.54) is 0 Å². The minimum atomic E-state index is 0.306. The number of rotatable bonds is 4. The molecule has 0 saturated heterocycles. The second kappa shape index (κ2) is 4.47. The number of hydrogen-bond donors (Lipinski definition) is 2. The van der Waals surface area contributed by atoms with Crippen LogP contribution in [-0.2, 0) is 6.54 Å². The van der Waals surface area contributed by atoms with Gasteiger partial charge in [0.15, 0.2) is 5.82 Å². The molecule has 0 radical (unpaired) electrons. The lowest BCUT2D eigenvalue weighted by atomic mass is 10.5. The topological polar surface area (TPSA) is 88.8 Å². The van der Waals surface area contributed by atoms with Gasteiger partial charge >= 0.3 is 6.01 Å². The first-order chi connectivity index (χ1) is 7.38. The Balaban J connectivity index is 2.05. The highest BCUT2D eigenvalue weighted by Crippen LogP contribution is 2.10. The molecule has 2 aromatic rings. The molecular weight excluding hydrogens is 196 g/mol. The maximum atomic E-state index is 5.26. The van der Waals surface area contributed by atoms with E-state index in [4.69, 9.17) is 4.42 Å². The molecular formula is C8H10N6O. The van der Waals surface area contributed by atoms with E-state index in [1.807, 2.05) is 0 Å². The predicted molar refractivity (Wildman–Crippen MR) is 52.4 cm³/mol. The van der Waals surface area contributed by atoms with Gasteiger partial charge in [0.25, 0.3) is 0 Å². The number of aromatic nitrogens is 4. The van der Waals surface area contributed by atoms with Crippen LogP contribution in [0, 0.1) is 0 Å². The fraction of sp³-hybridized carbons (Fsp3) is 0.250. The van der Waals surface area contributed by atoms with Crippen molar-refractivity contribution in [3.8, 4) is 0 Å². The summed E-state index contributed by atoms with van der Waals surface area (Å²) in [5.74, 6) is 1.08. The Kier molecular flexibility index (Phi) is 2.84. The average molecular weight is 206 g/mol. The van der Waals surface area contributed by atoms with Crippen molar-refractivity contribution in [1.82, 2.24) is 25.7 Å². The first-order valence-corrected chi connectivity index (χ1v) is 4.40. The summed E-state index contributed by atoms with van der Waals surface area (Å²) in [6, 6.07) is 3.83. The third-order valence-electron chi connectivity index (χ3n) is 1.60. The lowest BCUT2D eigenvalue weighted by Gasteiger charge is -1.96. The minimum absolute atomic E-state index is 0.306. The summed E-state index contributed by atoms with van der Waals surface area (Å²) < 4.78 is 5.26. The Bertz CT molecular complexity index is 414. The van der Waals surface area contributed by atoms with Crippen LogP contribution in [0.3, 0.4) is 0 Å². The molecule has 2 N–H and O–H groups in total. The number of nitrogens with zero attached hydrogens (tertiary/aromatic N) is 4. The van der Waals surface area contributed by atoms with Crippen molar-refractivity contribution in [2.45, 2.75) is 6.54 Å². The summed E-state index contributed by atoms with van der Waals surface area (Å²) in [4.78, 5) is 0. The van der Waals surface area contributed by atoms with Gasteiger partial charge in [-0.05, 0) is 19.2 Å². The molecule has 0 bridgehead atoms. The van der Waals surface area contributed by atoms with E-state index in [0.717, 1.165) is 0 Å². The van der Waals surface area contributed by atoms with Crippen LogP contribution < -0.4 is 10.6 Å². The fourth-order valence-electron chi connectivity index (χ4n) is 1.00. The second-order valence-corrected chi connectivity index (χ2v) is 2.77. The maximum absolute atomic E-state index is 5.26. The van der Waals surface area contributed by atoms with E-state index in [1.54, 1.807) is 25.4 Å². The smallest absolute Gasteiger partial charge is 0.321 e. The Morgan fingerprint density at radius 3 is 3.00 bits per heavy atom. The molecule has 78 valence electrons. The molecule has 0 atom stereocenters. The zero-order valence-corrected chi connectivity index (χ0v) is 8.14. The van der Waals surface area contributed by atoms with Crippen LogP contribution in [0.15, 0.2) is 22.7 Å². The summed E-state index contributed by atoms with van der Waals surface area (Å²) in [6.45, 7) is 0.537. The number of hydrogen-bond acceptors (Lipinski definition) is 7. The van der Waals surface area contributed by atoms with Crippen LogP contribution in [0.5, 0.6) is 0 Å². The van der Waals surface area contributed by atoms with Crippen LogP contribution in [0.1, 0.15) is 5.89 Å². The van der Waals surface area contributed by atoms with E-state index >= 15 is 0 Å². The van der Waals surface area contributed by atoms with Crippen molar-refractivity contribution >= 4 is 11.8 Å². The standard InChI is InChI=1S/C8H10N6O/c1-9-5-7-13-14-8(15-7)11-6-3-2-4-10-12-6/h2-4,9H,5H2,1H3,(H,11,12,14). The quantitative estimate of drug-likeness (QED) is 0.744. The Morgan fingerprint density at radius 1 is 1.33 bits per heavy atom. The molecule has 0 amide bonds. The fourth-order valence-corrected chi connectivity index (χ4v) is 1.00. The lowest BCUT2D eigenvalue weighted by molar-refractivity contribution is 0.492. The van der Waals surface area contributed by atoms with Gasteiger partial charge in [-0.15, -0.1) is 10.2 Å². The van der Waals surface area contributed by atoms with E-state index in [9.17, 15) is 0 Å². The molecule has 0 aliphatic rings. The van der Waals surface area contributed by atoms with Crippen LogP contribution in [0.25, 0.3) is 0 Å². The van der Waals surface area contributed by atoms with Crippen molar-refractivity contribution < 1.29 is 4.42 Å². The number of anilines is 2. The Morgan fingerprint density at radius 2 is 2.27 bits per heavy atom. The van der Waals surface area contributed by atoms with Crippen molar-refractivity contribution in [1.29, 1.82) is 0 Å². The zero-order valence-electron chi connectivity index (χ0n) is 8.14. The normalized spacial score (nSPS) is 10.2. The molecule has 15 heavy (non-hydrogen) atoms. The molecule has 2 rings (SSSR count). The Labute approximate surface area is 85.9 Å². The monoisotopic (exact) mass is 206 g/mol. The summed E-state index contributed by atoms with van der Waals surface area (Å²) in [5, 5.41) is 20.9. The molecule has 0 unspecified atom stereocenters. The first kappa shape index (κ1) is 9.53. The van der Waals surface area contributed by atoms with E-state index in [2.05, 4.69) is 31.0 Å². The van der Waals surface area contributed by atoms with Gasteiger partial charge in [0, 0.05) is 6.20 Å². The van der Waals surface area contributed by atoms with Crippen LogP contribution >= 0.6 is 0 Å². The third kappa shape index (κ3) is 2.47. The van der Waals surface area contributed by atoms with Crippen molar-refractivity contribution in [2.24, 2.45) is 0 Å². The van der Waals surface area contributed by atoms with Gasteiger partial charge in [-0.2, -0.15) is 5.10 Å². The molecule has 0 fully saturated rings. The SMILES string of the molecule is CNCc1nnc(Nc2cccnn2)o1. The van der Waals surface area contributed by atoms with Gasteiger partial charge in [-0.3, -0.25) is 5.32 Å². The maximum Gasteiger partial charge on any atom is 0.321 e. The first-order valence-electron chi connectivity index (χ1n) is 4.40. The summed E-state index contributed by atoms with van der Waals surface area (Å²) in [6.07, 6.45) is 1.59. The van der Waals surface area contributed by atoms with Gasteiger partial charge in [0.05, 0.1) is 6.54 Å². The molecule has 0 aliphatic heterocycles. The highest BCUT2D eigenvalue weighted by Gasteiger charge is 2.05. The largest absolute Gasteiger partial charge is 0.406 e.